The number of hydrogen-bond acceptors (Lipinski definition) is 5. The van der Waals surface area contributed by atoms with Crippen LogP contribution < -0.4 is 0 Å². The smallest absolute Gasteiger partial charge is 0.272 e. The van der Waals surface area contributed by atoms with Crippen LogP contribution in [0.4, 0.5) is 5.69 Å². The van der Waals surface area contributed by atoms with Gasteiger partial charge in [-0.25, -0.2) is 5.01 Å². The topological polar surface area (TPSA) is 101 Å². The monoisotopic (exact) mass is 643 g/mol. The fraction of sp³-hybridized carbons (Fsp3) is 0.348. The van der Waals surface area contributed by atoms with Gasteiger partial charge in [-0.15, -0.1) is 0 Å². The van der Waals surface area contributed by atoms with E-state index < -0.39 is 34.5 Å². The van der Waals surface area contributed by atoms with Crippen LogP contribution in [0.5, 0.6) is 0 Å². The van der Waals surface area contributed by atoms with Crippen molar-refractivity contribution >= 4 is 78.5 Å². The molecule has 2 aliphatic carbocycles. The molecule has 12 heteroatoms. The maximum absolute atomic E-state index is 13.7. The molecule has 8 nitrogen and oxygen atoms in total. The van der Waals surface area contributed by atoms with Gasteiger partial charge in [-0.3, -0.25) is 24.5 Å². The fourth-order valence-corrected chi connectivity index (χ4v) is 7.71. The molecule has 2 bridgehead atoms. The number of fused-ring (bicyclic) bond motifs is 5. The highest BCUT2D eigenvalue weighted by atomic mass is 79.9. The average Bonchev–Trinajstić information content (AvgIpc) is 3.44. The van der Waals surface area contributed by atoms with Crippen LogP contribution in [0, 0.1) is 33.8 Å². The van der Waals surface area contributed by atoms with Crippen molar-refractivity contribution in [2.24, 2.45) is 23.7 Å². The van der Waals surface area contributed by atoms with Gasteiger partial charge in [0.05, 0.1) is 33.3 Å². The van der Waals surface area contributed by atoms with E-state index >= 15 is 0 Å². The quantitative estimate of drug-likeness (QED) is 0.192. The number of rotatable bonds is 5. The zero-order valence-corrected chi connectivity index (χ0v) is 22.5. The Morgan fingerprint density at radius 1 is 1.03 bits per heavy atom. The summed E-state index contributed by atoms with van der Waals surface area (Å²) in [4.78, 5) is 51.6. The largest absolute Gasteiger partial charge is 0.273 e. The molecular formula is C23H17Br2Cl2N3O5. The highest BCUT2D eigenvalue weighted by Gasteiger charge is 2.67. The number of halogens is 4. The molecule has 35 heavy (non-hydrogen) atoms. The molecule has 6 atom stereocenters. The molecule has 182 valence electrons. The first-order valence-corrected chi connectivity index (χ1v) is 13.3. The number of imide groups is 1. The number of nitrogens with zero attached hydrogens (tertiary/aromatic N) is 3. The van der Waals surface area contributed by atoms with E-state index in [9.17, 15) is 24.5 Å². The zero-order chi connectivity index (χ0) is 25.2. The summed E-state index contributed by atoms with van der Waals surface area (Å²) >= 11 is 19.5. The van der Waals surface area contributed by atoms with Crippen LogP contribution in [-0.2, 0) is 16.1 Å². The molecule has 0 aromatic heterocycles. The molecule has 1 heterocycles. The molecule has 1 saturated heterocycles. The van der Waals surface area contributed by atoms with Gasteiger partial charge in [-0.1, -0.05) is 67.2 Å². The van der Waals surface area contributed by atoms with Gasteiger partial charge in [0.15, 0.2) is 0 Å². The first kappa shape index (κ1) is 24.7. The molecule has 0 spiro atoms. The lowest BCUT2D eigenvalue weighted by Crippen LogP contribution is -2.50. The summed E-state index contributed by atoms with van der Waals surface area (Å²) in [5.41, 5.74) is 0.246. The maximum Gasteiger partial charge on any atom is 0.273 e. The summed E-state index contributed by atoms with van der Waals surface area (Å²) in [5.74, 6) is -2.70. The Morgan fingerprint density at radius 2 is 1.66 bits per heavy atom. The van der Waals surface area contributed by atoms with Crippen molar-refractivity contribution in [3.05, 3.63) is 73.8 Å². The zero-order valence-electron chi connectivity index (χ0n) is 17.8. The summed E-state index contributed by atoms with van der Waals surface area (Å²) in [7, 11) is 0. The number of nitro benzene ring substituents is 1. The molecule has 3 amide bonds. The van der Waals surface area contributed by atoms with Crippen LogP contribution in [-0.4, -0.2) is 42.3 Å². The molecule has 0 unspecified atom stereocenters. The highest BCUT2D eigenvalue weighted by molar-refractivity contribution is 9.12. The number of benzene rings is 2. The molecule has 3 fully saturated rings. The van der Waals surface area contributed by atoms with Gasteiger partial charge in [-0.2, -0.15) is 5.01 Å². The SMILES string of the molecule is O=C(c1cccc([N+](=O)[O-])c1)N(Cc1ccc(Cl)c(Cl)c1)N1C(=O)[C@@H]2[C@H]3C[C@@H]([C@H](Br)[C@H]3Br)[C@H]2C1=O. The lowest BCUT2D eigenvalue weighted by Gasteiger charge is -2.31. The Bertz CT molecular complexity index is 1250. The van der Waals surface area contributed by atoms with Crippen LogP contribution >= 0.6 is 55.1 Å². The Labute approximate surface area is 226 Å². The Kier molecular flexibility index (Phi) is 6.44. The molecule has 2 saturated carbocycles. The van der Waals surface area contributed by atoms with Gasteiger partial charge < -0.3 is 0 Å². The van der Waals surface area contributed by atoms with E-state index in [1.165, 1.54) is 18.2 Å². The number of non-ortho nitro benzene ring substituents is 1. The van der Waals surface area contributed by atoms with Crippen LogP contribution in [0.3, 0.4) is 0 Å². The normalized spacial score (nSPS) is 29.0. The predicted octanol–water partition coefficient (Wildman–Crippen LogP) is 5.24. The number of hydrogen-bond donors (Lipinski definition) is 0. The Hall–Kier alpha value is -2.01. The standard InChI is InChI=1S/C23H17Br2Cl2N3O5/c24-19-13-8-14(20(19)25)18-17(13)22(32)29(23(18)33)28(9-10-4-5-15(26)16(27)6-10)21(31)11-2-1-3-12(7-11)30(34)35/h1-7,13-14,17-20H,8-9H2/t13-,14-,17-,18-,19+,20+/m1/s1. The second-order valence-corrected chi connectivity index (χ2v) is 11.8. The highest BCUT2D eigenvalue weighted by Crippen LogP contribution is 2.60. The van der Waals surface area contributed by atoms with E-state index in [2.05, 4.69) is 31.9 Å². The minimum absolute atomic E-state index is 0.0170. The molecule has 2 aromatic rings. The molecule has 5 rings (SSSR count). The van der Waals surface area contributed by atoms with E-state index in [0.29, 0.717) is 10.6 Å². The van der Waals surface area contributed by atoms with Crippen molar-refractivity contribution in [3.63, 3.8) is 0 Å². The molecule has 2 aromatic carbocycles. The third-order valence-corrected chi connectivity index (χ3v) is 11.0. The Morgan fingerprint density at radius 3 is 2.23 bits per heavy atom. The minimum Gasteiger partial charge on any atom is -0.272 e. The number of carbonyl (C=O) groups excluding carboxylic acids is 3. The molecule has 3 aliphatic rings. The number of alkyl halides is 2. The average molecular weight is 646 g/mol. The minimum atomic E-state index is -0.709. The van der Waals surface area contributed by atoms with Gasteiger partial charge in [0.2, 0.25) is 0 Å². The van der Waals surface area contributed by atoms with Crippen LogP contribution in [0.2, 0.25) is 10.0 Å². The van der Waals surface area contributed by atoms with E-state index in [-0.39, 0.29) is 44.3 Å². The van der Waals surface area contributed by atoms with Crippen molar-refractivity contribution in [2.45, 2.75) is 22.6 Å². The van der Waals surface area contributed by atoms with E-state index in [1.807, 2.05) is 0 Å². The first-order valence-electron chi connectivity index (χ1n) is 10.8. The lowest BCUT2D eigenvalue weighted by molar-refractivity contribution is -0.384. The van der Waals surface area contributed by atoms with Crippen molar-refractivity contribution in [1.29, 1.82) is 0 Å². The maximum atomic E-state index is 13.7. The number of amides is 3. The van der Waals surface area contributed by atoms with Crippen molar-refractivity contribution in [1.82, 2.24) is 10.0 Å². The lowest BCUT2D eigenvalue weighted by atomic mass is 9.81. The van der Waals surface area contributed by atoms with Crippen molar-refractivity contribution < 1.29 is 19.3 Å². The van der Waals surface area contributed by atoms with Crippen LogP contribution in [0.1, 0.15) is 22.3 Å². The Balaban J connectivity index is 1.55. The number of carbonyl (C=O) groups is 3. The van der Waals surface area contributed by atoms with E-state index in [1.54, 1.807) is 18.2 Å². The molecular weight excluding hydrogens is 629 g/mol. The number of nitro groups is 1. The van der Waals surface area contributed by atoms with Crippen LogP contribution in [0.25, 0.3) is 0 Å². The number of hydrazine groups is 1. The second-order valence-electron chi connectivity index (χ2n) is 8.91. The third-order valence-electron chi connectivity index (χ3n) is 7.06. The van der Waals surface area contributed by atoms with Gasteiger partial charge in [0, 0.05) is 27.4 Å². The van der Waals surface area contributed by atoms with Crippen LogP contribution in [0.15, 0.2) is 42.5 Å². The molecule has 0 radical (unpaired) electrons. The summed E-state index contributed by atoms with van der Waals surface area (Å²) < 4.78 is 0. The van der Waals surface area contributed by atoms with E-state index in [4.69, 9.17) is 23.2 Å². The van der Waals surface area contributed by atoms with Gasteiger partial charge in [0.25, 0.3) is 23.4 Å². The fourth-order valence-electron chi connectivity index (χ4n) is 5.52. The van der Waals surface area contributed by atoms with Gasteiger partial charge in [-0.05, 0) is 42.0 Å². The summed E-state index contributed by atoms with van der Waals surface area (Å²) in [6.07, 6.45) is 0.748. The van der Waals surface area contributed by atoms with Crippen molar-refractivity contribution in [2.75, 3.05) is 0 Å². The van der Waals surface area contributed by atoms with Gasteiger partial charge >= 0.3 is 0 Å². The molecule has 0 N–H and O–H groups in total. The second kappa shape index (κ2) is 9.14. The molecule has 1 aliphatic heterocycles. The summed E-state index contributed by atoms with van der Waals surface area (Å²) in [6, 6.07) is 9.94. The summed E-state index contributed by atoms with van der Waals surface area (Å²) in [6.45, 7) is -0.153. The summed E-state index contributed by atoms with van der Waals surface area (Å²) in [5, 5.41) is 13.8. The van der Waals surface area contributed by atoms with Gasteiger partial charge in [0.1, 0.15) is 0 Å². The van der Waals surface area contributed by atoms with Crippen molar-refractivity contribution in [3.8, 4) is 0 Å². The predicted molar refractivity (Wildman–Crippen MR) is 135 cm³/mol. The third kappa shape index (κ3) is 3.98. The first-order chi connectivity index (χ1) is 16.6. The van der Waals surface area contributed by atoms with E-state index in [0.717, 1.165) is 22.5 Å².